The van der Waals surface area contributed by atoms with Crippen molar-refractivity contribution in [1.29, 1.82) is 0 Å². The normalized spacial score (nSPS) is 16.5. The Balaban J connectivity index is 1.16. The molecule has 11 rings (SSSR count). The van der Waals surface area contributed by atoms with Crippen molar-refractivity contribution in [3.63, 3.8) is 0 Å². The predicted molar refractivity (Wildman–Crippen MR) is 309 cm³/mol. The molecule has 0 radical (unpaired) electrons. The highest BCUT2D eigenvalue weighted by Gasteiger charge is 2.63. The molecule has 2 aliphatic carbocycles. The highest BCUT2D eigenvalue weighted by molar-refractivity contribution is 8.35. The number of hydrogen-bond donors (Lipinski definition) is 0. The van der Waals surface area contributed by atoms with E-state index in [0.717, 1.165) is 46.2 Å². The zero-order chi connectivity index (χ0) is 54.3. The van der Waals surface area contributed by atoms with Crippen LogP contribution in [0.2, 0.25) is 0 Å². The standard InChI is InChI=1S/C58H42N4O10S6/c1-3-61-49(63)47(77-55(61)73)59-43-27-41-45(75-43)37-25-40-38(26-39(37)57(41,51(65)69-29-33-17-9-5-10-18-33)52(66)70-30-34-19-11-6-12-20-34)46-42(28-44(76-46)60-48-50(64)62(4-2)56(74)78-48)58(40,53(67)71-31-35-21-13-7-14-22-35)54(68)72-32-36-23-15-8-16-24-36/h5-28H,3-4,29-32H2,1-2H3. The third-order valence-corrected chi connectivity index (χ3v) is 18.3. The minimum Gasteiger partial charge on any atom is -0.459 e. The van der Waals surface area contributed by atoms with Gasteiger partial charge in [0.1, 0.15) is 45.1 Å². The number of thioether (sulfide) groups is 2. The molecule has 78 heavy (non-hydrogen) atoms. The van der Waals surface area contributed by atoms with Gasteiger partial charge >= 0.3 is 23.9 Å². The summed E-state index contributed by atoms with van der Waals surface area (Å²) >= 11 is 15.3. The van der Waals surface area contributed by atoms with E-state index in [1.807, 2.05) is 24.3 Å². The van der Waals surface area contributed by atoms with Crippen molar-refractivity contribution >= 4 is 135 Å². The molecule has 14 nitrogen and oxygen atoms in total. The lowest BCUT2D eigenvalue weighted by Gasteiger charge is -2.29. The van der Waals surface area contributed by atoms with Gasteiger partial charge in [0.05, 0.1) is 0 Å². The maximum atomic E-state index is 15.6. The molecule has 20 heteroatoms. The summed E-state index contributed by atoms with van der Waals surface area (Å²) in [4.78, 5) is 103. The molecule has 0 unspecified atom stereocenters. The minimum atomic E-state index is -2.37. The third kappa shape index (κ3) is 9.18. The Morgan fingerprint density at radius 3 is 1.03 bits per heavy atom. The van der Waals surface area contributed by atoms with E-state index in [1.165, 1.54) is 9.80 Å². The smallest absolute Gasteiger partial charge is 0.333 e. The quantitative estimate of drug-likeness (QED) is 0.0387. The molecule has 2 saturated heterocycles. The average molecular weight is 1150 g/mol. The van der Waals surface area contributed by atoms with Gasteiger partial charge in [-0.05, 0) is 106 Å². The van der Waals surface area contributed by atoms with E-state index < -0.39 is 46.5 Å². The first kappa shape index (κ1) is 52.6. The van der Waals surface area contributed by atoms with Crippen LogP contribution in [0.25, 0.3) is 20.9 Å². The maximum absolute atomic E-state index is 15.6. The molecule has 0 atom stereocenters. The molecule has 2 amide bonds. The molecule has 0 spiro atoms. The van der Waals surface area contributed by atoms with Gasteiger partial charge in [0.2, 0.25) is 10.8 Å². The second kappa shape index (κ2) is 21.8. The lowest BCUT2D eigenvalue weighted by atomic mass is 9.75. The lowest BCUT2D eigenvalue weighted by Crippen LogP contribution is -2.46. The number of thiophene rings is 2. The number of nitrogens with zero attached hydrogens (tertiary/aromatic N) is 4. The molecule has 5 aromatic carbocycles. The predicted octanol–water partition coefficient (Wildman–Crippen LogP) is 11.1. The van der Waals surface area contributed by atoms with Gasteiger partial charge in [0.25, 0.3) is 11.8 Å². The SMILES string of the molecule is CCN1C(=O)C(=Nc2cc3c(s2)-c2cc4c(cc2C3(C(=O)OCc2ccccc2)C(=O)OCc2ccccc2)-c2sc(N=C3SC(=S)N(CC)C3=O)cc2C4(C(=O)OCc2ccccc2)C(=O)OCc2ccccc2)SC1=S. The molecule has 0 saturated carbocycles. The van der Waals surface area contributed by atoms with Crippen molar-refractivity contribution in [1.82, 2.24) is 9.80 Å². The molecular formula is C58H42N4O10S6. The summed E-state index contributed by atoms with van der Waals surface area (Å²) < 4.78 is 25.5. The molecule has 0 N–H and O–H groups in total. The highest BCUT2D eigenvalue weighted by Crippen LogP contribution is 2.62. The molecule has 4 aliphatic rings. The average Bonchev–Trinajstić information content (AvgIpc) is 4.47. The van der Waals surface area contributed by atoms with E-state index in [1.54, 1.807) is 135 Å². The van der Waals surface area contributed by atoms with Crippen LogP contribution in [0.1, 0.15) is 58.4 Å². The van der Waals surface area contributed by atoms with Crippen molar-refractivity contribution in [2.45, 2.75) is 51.1 Å². The second-order valence-corrected chi connectivity index (χ2v) is 23.3. The molecule has 2 fully saturated rings. The summed E-state index contributed by atoms with van der Waals surface area (Å²) in [6.07, 6.45) is 0. The van der Waals surface area contributed by atoms with Gasteiger partial charge in [-0.3, -0.25) is 38.6 Å². The number of carbonyl (C=O) groups excluding carboxylic acids is 6. The number of esters is 4. The van der Waals surface area contributed by atoms with Crippen molar-refractivity contribution in [2.24, 2.45) is 9.98 Å². The van der Waals surface area contributed by atoms with Crippen molar-refractivity contribution < 1.29 is 47.7 Å². The summed E-state index contributed by atoms with van der Waals surface area (Å²) in [6.45, 7) is 3.33. The zero-order valence-electron chi connectivity index (χ0n) is 41.4. The first-order valence-corrected chi connectivity index (χ1v) is 28.5. The van der Waals surface area contributed by atoms with Crippen molar-refractivity contribution in [3.8, 4) is 20.9 Å². The Kier molecular flexibility index (Phi) is 14.7. The van der Waals surface area contributed by atoms with Crippen LogP contribution in [0.5, 0.6) is 0 Å². The Hall–Kier alpha value is -7.46. The van der Waals surface area contributed by atoms with Crippen LogP contribution >= 0.6 is 70.6 Å². The summed E-state index contributed by atoms with van der Waals surface area (Å²) in [5.41, 5.74) is -1.07. The maximum Gasteiger partial charge on any atom is 0.333 e. The van der Waals surface area contributed by atoms with Gasteiger partial charge in [0.15, 0.2) is 10.1 Å². The van der Waals surface area contributed by atoms with E-state index in [-0.39, 0.29) is 79.9 Å². The monoisotopic (exact) mass is 1150 g/mol. The fourth-order valence-corrected chi connectivity index (χ4v) is 14.6. The van der Waals surface area contributed by atoms with E-state index >= 15 is 19.2 Å². The fourth-order valence-electron chi connectivity index (χ4n) is 9.73. The first-order valence-electron chi connectivity index (χ1n) is 24.4. The molecule has 2 aliphatic heterocycles. The molecule has 2 aromatic heterocycles. The largest absolute Gasteiger partial charge is 0.459 e. The number of aliphatic imine (C=N–C) groups is 2. The number of hydrogen-bond acceptors (Lipinski definition) is 18. The van der Waals surface area contributed by atoms with Crippen molar-refractivity contribution in [3.05, 3.63) is 190 Å². The van der Waals surface area contributed by atoms with Gasteiger partial charge in [-0.25, -0.2) is 9.98 Å². The van der Waals surface area contributed by atoms with Crippen molar-refractivity contribution in [2.75, 3.05) is 13.1 Å². The summed E-state index contributed by atoms with van der Waals surface area (Å²) in [7, 11) is 0. The summed E-state index contributed by atoms with van der Waals surface area (Å²) in [5.74, 6) is -4.73. The number of rotatable bonds is 16. The number of carbonyl (C=O) groups is 6. The Morgan fingerprint density at radius 2 is 0.756 bits per heavy atom. The van der Waals surface area contributed by atoms with E-state index in [0.29, 0.717) is 53.7 Å². The molecule has 7 aromatic rings. The first-order chi connectivity index (χ1) is 37.9. The van der Waals surface area contributed by atoms with Gasteiger partial charge in [-0.15, -0.1) is 22.7 Å². The molecule has 4 heterocycles. The summed E-state index contributed by atoms with van der Waals surface area (Å²) in [5, 5.41) is 0.676. The van der Waals surface area contributed by atoms with Gasteiger partial charge in [-0.1, -0.05) is 146 Å². The molecule has 390 valence electrons. The lowest BCUT2D eigenvalue weighted by molar-refractivity contribution is -0.166. The van der Waals surface area contributed by atoms with Crippen LogP contribution in [-0.2, 0) is 85.0 Å². The Bertz CT molecular complexity index is 3340. The number of fused-ring (bicyclic) bond motifs is 6. The van der Waals surface area contributed by atoms with Crippen LogP contribution < -0.4 is 0 Å². The minimum absolute atomic E-state index is 0.0898. The van der Waals surface area contributed by atoms with Gasteiger partial charge in [-0.2, -0.15) is 0 Å². The van der Waals surface area contributed by atoms with Crippen LogP contribution in [0.15, 0.2) is 156 Å². The van der Waals surface area contributed by atoms with Crippen LogP contribution in [0.3, 0.4) is 0 Å². The van der Waals surface area contributed by atoms with E-state index in [9.17, 15) is 9.59 Å². The molecule has 0 bridgehead atoms. The fraction of sp³-hybridized carbons (Fsp3) is 0.172. The summed E-state index contributed by atoms with van der Waals surface area (Å²) in [6, 6.07) is 42.3. The third-order valence-electron chi connectivity index (χ3n) is 13.5. The van der Waals surface area contributed by atoms with Gasteiger partial charge in [0, 0.05) is 34.0 Å². The van der Waals surface area contributed by atoms with E-state index in [2.05, 4.69) is 0 Å². The molecular weight excluding hydrogens is 1110 g/mol. The van der Waals surface area contributed by atoms with E-state index in [4.69, 9.17) is 53.4 Å². The van der Waals surface area contributed by atoms with Crippen LogP contribution in [0.4, 0.5) is 10.0 Å². The number of amides is 2. The Labute approximate surface area is 474 Å². The highest BCUT2D eigenvalue weighted by atomic mass is 32.2. The topological polar surface area (TPSA) is 171 Å². The zero-order valence-corrected chi connectivity index (χ0v) is 46.3. The van der Waals surface area contributed by atoms with Crippen LogP contribution in [-0.4, -0.2) is 77.3 Å². The number of benzene rings is 5. The number of ether oxygens (including phenoxy) is 4. The number of thiocarbonyl (C=S) groups is 2. The van der Waals surface area contributed by atoms with Gasteiger partial charge < -0.3 is 18.9 Å². The van der Waals surface area contributed by atoms with Crippen LogP contribution in [0, 0.1) is 0 Å². The Morgan fingerprint density at radius 1 is 0.462 bits per heavy atom. The second-order valence-electron chi connectivity index (χ2n) is 18.0.